The van der Waals surface area contributed by atoms with Gasteiger partial charge in [-0.2, -0.15) is 0 Å². The molecule has 0 aromatic rings. The van der Waals surface area contributed by atoms with Crippen LogP contribution in [0.1, 0.15) is 118 Å². The molecule has 7 rings (SSSR count). The van der Waals surface area contributed by atoms with Gasteiger partial charge in [-0.25, -0.2) is 0 Å². The van der Waals surface area contributed by atoms with E-state index < -0.39 is 392 Å². The molecule has 7 fully saturated rings. The highest BCUT2D eigenvalue weighted by Crippen LogP contribution is 2.36. The maximum atomic E-state index is 12.9. The van der Waals surface area contributed by atoms with Crippen LogP contribution in [-0.4, -0.2) is 423 Å². The fraction of sp³-hybridized carbons (Fsp3) is 0.720. The lowest BCUT2D eigenvalue weighted by Gasteiger charge is -2.46. The van der Waals surface area contributed by atoms with Crippen molar-refractivity contribution < 1.29 is 221 Å². The van der Waals surface area contributed by atoms with E-state index in [1.807, 2.05) is 0 Å². The number of hydrogen-bond acceptors (Lipinski definition) is 52. The third-order valence-corrected chi connectivity index (χ3v) is 23.0. The average Bonchev–Trinajstić information content (AvgIpc) is 0.782. The van der Waals surface area contributed by atoms with Crippen LogP contribution < -0.4 is 69.1 Å². The van der Waals surface area contributed by atoms with Gasteiger partial charge < -0.3 is 209 Å². The number of nitrogens with one attached hydrogen (secondary N) is 13. The van der Waals surface area contributed by atoms with Crippen LogP contribution in [0.2, 0.25) is 0 Å². The van der Waals surface area contributed by atoms with Gasteiger partial charge in [-0.05, 0) is 73.3 Å². The normalized spacial score (nSPS) is 32.6. The zero-order valence-electron chi connectivity index (χ0n) is 81.6. The fourth-order valence-corrected chi connectivity index (χ4v) is 17.3. The van der Waals surface area contributed by atoms with Crippen LogP contribution >= 0.6 is 73.3 Å². The first-order valence-corrected chi connectivity index (χ1v) is 47.1. The largest absolute Gasteiger partial charge is 0.463 e. The Morgan fingerprint density at radius 1 is 0.197 bits per heavy atom. The van der Waals surface area contributed by atoms with E-state index in [1.165, 1.54) is 0 Å². The van der Waals surface area contributed by atoms with Crippen molar-refractivity contribution in [2.24, 2.45) is 0 Å². The third-order valence-electron chi connectivity index (χ3n) is 21.5. The van der Waals surface area contributed by atoms with Gasteiger partial charge >= 0.3 is 95.5 Å². The van der Waals surface area contributed by atoms with E-state index in [4.69, 9.17) is 182 Å². The van der Waals surface area contributed by atoms with E-state index in [9.17, 15) is 112 Å². The monoisotopic (exact) mass is 2210 g/mol. The summed E-state index contributed by atoms with van der Waals surface area (Å²) in [6.45, 7) is 12.2. The first kappa shape index (κ1) is 123. The number of rotatable bonds is 36. The van der Waals surface area contributed by atoms with Gasteiger partial charge in [0.25, 0.3) is 0 Å². The zero-order valence-corrected chi connectivity index (χ0v) is 86.5. The molecule has 0 aromatic heterocycles. The molecule has 7 saturated heterocycles. The maximum Gasteiger partial charge on any atom is 0.303 e. The molecule has 7 aliphatic heterocycles. The predicted octanol–water partition coefficient (Wildman–Crippen LogP) is -10.3. The van der Waals surface area contributed by atoms with Gasteiger partial charge in [0.15, 0.2) is 148 Å². The summed E-state index contributed by atoms with van der Waals surface area (Å²) in [5, 5.41) is 106. The second-order valence-electron chi connectivity index (χ2n) is 33.4. The minimum absolute atomic E-state index is 0.439. The van der Waals surface area contributed by atoms with E-state index in [0.29, 0.717) is 0 Å². The molecular formula is C82H119N13O46S6. The second-order valence-corrected chi connectivity index (χ2v) is 35.9. The minimum Gasteiger partial charge on any atom is -0.463 e. The van der Waals surface area contributed by atoms with Crippen molar-refractivity contribution in [1.82, 2.24) is 69.1 Å². The summed E-state index contributed by atoms with van der Waals surface area (Å²) in [6, 6.07) is -5.43. The van der Waals surface area contributed by atoms with Crippen LogP contribution in [0.4, 0.5) is 0 Å². The molecule has 0 spiro atoms. The van der Waals surface area contributed by atoms with E-state index in [1.54, 1.807) is 0 Å². The summed E-state index contributed by atoms with van der Waals surface area (Å²) in [4.78, 5) is 214. The molecule has 7 aliphatic rings. The Morgan fingerprint density at radius 2 is 0.361 bits per heavy atom. The number of aliphatic hydroxyl groups is 6. The molecule has 0 bridgehead atoms. The van der Waals surface area contributed by atoms with Crippen LogP contribution in [0.5, 0.6) is 0 Å². The van der Waals surface area contributed by atoms with Gasteiger partial charge in [-0.15, -0.1) is 0 Å². The number of esters is 16. The number of amides is 1. The second kappa shape index (κ2) is 56.8. The number of carbonyl (C=O) groups excluding carboxylic acids is 17. The standard InChI is InChI=1S/C82H119N13O46S6/c1-25(96)86-70-55(116)49(87-80(145)91-72-57(118)51(89-82(147)95-76-69(134-41(17)112)65(130-37(13)108)61(126-33(9)104)48(141-76)24-122-29(5)100)54(115)44(137-72)20-85-79(144)93-74-67(132-39(15)110)63(128-35(11)106)59(124-31(7)102)46(139-74)22-120-27(3)98)52(113)42(135-70)18-83-77(142)90-71-56(117)50(88-81(146)94-75-68(133-40(16)111)64(129-36(12)107)60(125-32(8)103)47(140-75)23-121-28(4)99)53(114)43(136-71)19-84-78(143)92-73-66(131-38(14)109)62(127-34(10)105)58(123-30(6)101)45(138-73)21-119-26(2)97/h42-76,113-118H,18-24H2,1-17H3,(H,86,96)(H2,83,90,142)(H2,84,92,143)(H2,85,93,144)(H2,87,91,145)(H2,88,94,146)(H2,89,95,147)/t42-,43-,44-,45-,46-,47-,48-,49+,50+,51+,52-,53-,54-,55-,56-,57-,58-,59-,60-,61-,62+,63+,64+,65+,66-,67-,68-,69-,70-,71-,72-,73-,74-,75-,76-/m1/s1. The molecule has 0 unspecified atom stereocenters. The number of hydrogen-bond donors (Lipinski definition) is 19. The molecule has 147 heavy (non-hydrogen) atoms. The third kappa shape index (κ3) is 37.4. The summed E-state index contributed by atoms with van der Waals surface area (Å²) < 4.78 is 130. The highest BCUT2D eigenvalue weighted by Gasteiger charge is 2.59. The Hall–Kier alpha value is -11.4. The van der Waals surface area contributed by atoms with Crippen LogP contribution in [0.15, 0.2) is 0 Å². The maximum absolute atomic E-state index is 12.9. The molecule has 0 saturated carbocycles. The first-order valence-electron chi connectivity index (χ1n) is 44.7. The number of carbonyl (C=O) groups is 17. The number of aliphatic hydroxyl groups excluding tert-OH is 6. The van der Waals surface area contributed by atoms with Crippen molar-refractivity contribution in [2.75, 3.05) is 46.1 Å². The van der Waals surface area contributed by atoms with Gasteiger partial charge in [-0.3, -0.25) is 81.5 Å². The SMILES string of the molecule is CC(=O)N[C@@H]1O[C@H](CNC(=S)N[C@@H]2O[C@H](CNC(=S)N[C@@H]3O[C@H](COC(C)=O)[C@@H](OC(C)=O)[C@H](OC(C)=O)[C@H]3OC(C)=O)[C@@H](O)[C@H](NC(=S)N[C@@H]3O[C@H](COC(C)=O)[C@@H](OC(C)=O)[C@H](OC(C)=O)[C@H]3OC(C)=O)[C@H]2O)[C@@H](O)[C@H](NC(=S)N[C@@H]2O[C@H](CNC(=S)N[C@@H]3O[C@H](COC(C)=O)[C@@H](OC(C)=O)[C@H](OC(C)=O)[C@H]3OC(C)=O)[C@@H](O)[C@H](NC(=S)N[C@@H]3O[C@H](COC(C)=O)[C@@H](OC(C)=O)[C@H](OC(C)=O)[C@H]3OC(C)=O)[C@H]2O)[C@H]1O. The lowest BCUT2D eigenvalue weighted by molar-refractivity contribution is -0.255. The average molecular weight is 2220 g/mol. The Bertz CT molecular complexity index is 4790. The molecule has 19 N–H and O–H groups in total. The lowest BCUT2D eigenvalue weighted by Crippen LogP contribution is -2.72. The highest BCUT2D eigenvalue weighted by atomic mass is 32.1. The van der Waals surface area contributed by atoms with Crippen molar-refractivity contribution in [2.45, 2.75) is 332 Å². The molecule has 0 aromatic carbocycles. The summed E-state index contributed by atoms with van der Waals surface area (Å²) in [5.41, 5.74) is 0. The molecule has 35 atom stereocenters. The molecule has 59 nitrogen and oxygen atoms in total. The summed E-state index contributed by atoms with van der Waals surface area (Å²) in [6.07, 6.45) is -56.3. The van der Waals surface area contributed by atoms with E-state index >= 15 is 0 Å². The highest BCUT2D eigenvalue weighted by molar-refractivity contribution is 7.81. The Kier molecular flexibility index (Phi) is 47.4. The Balaban J connectivity index is 1.21. The number of ether oxygens (including phenoxy) is 23. The van der Waals surface area contributed by atoms with Crippen molar-refractivity contribution in [1.29, 1.82) is 0 Å². The van der Waals surface area contributed by atoms with Gasteiger partial charge in [0, 0.05) is 137 Å². The van der Waals surface area contributed by atoms with Crippen molar-refractivity contribution in [3.63, 3.8) is 0 Å². The van der Waals surface area contributed by atoms with E-state index in [-0.39, 0.29) is 0 Å². The van der Waals surface area contributed by atoms with Crippen LogP contribution in [0.25, 0.3) is 0 Å². The van der Waals surface area contributed by atoms with Gasteiger partial charge in [0.05, 0.1) is 18.1 Å². The Morgan fingerprint density at radius 3 is 0.551 bits per heavy atom. The zero-order chi connectivity index (χ0) is 110. The van der Waals surface area contributed by atoms with Crippen LogP contribution in [-0.2, 0) is 190 Å². The lowest BCUT2D eigenvalue weighted by atomic mass is 9.94. The summed E-state index contributed by atoms with van der Waals surface area (Å²) >= 11 is 34.4. The van der Waals surface area contributed by atoms with Crippen molar-refractivity contribution >= 4 is 205 Å². The predicted molar refractivity (Wildman–Crippen MR) is 503 cm³/mol. The van der Waals surface area contributed by atoms with Gasteiger partial charge in [0.2, 0.25) is 5.91 Å². The number of thiocarbonyl (C=S) groups is 6. The summed E-state index contributed by atoms with van der Waals surface area (Å²) in [5.74, 6) is -16.1. The summed E-state index contributed by atoms with van der Waals surface area (Å²) in [7, 11) is 0. The van der Waals surface area contributed by atoms with Gasteiger partial charge in [0.1, 0.15) is 106 Å². The molecule has 824 valence electrons. The van der Waals surface area contributed by atoms with E-state index in [2.05, 4.69) is 69.1 Å². The molecule has 0 radical (unpaired) electrons. The smallest absolute Gasteiger partial charge is 0.303 e. The quantitative estimate of drug-likeness (QED) is 0.0157. The van der Waals surface area contributed by atoms with Crippen molar-refractivity contribution in [3.8, 4) is 0 Å². The molecule has 1 amide bonds. The topological polar surface area (TPSA) is 780 Å². The van der Waals surface area contributed by atoms with Crippen LogP contribution in [0.3, 0.4) is 0 Å². The minimum atomic E-state index is -2.13. The molecular weight excluding hydrogens is 2100 g/mol. The van der Waals surface area contributed by atoms with Crippen LogP contribution in [0, 0.1) is 0 Å². The molecule has 65 heteroatoms. The molecule has 0 aliphatic carbocycles. The Labute approximate surface area is 869 Å². The molecule has 7 heterocycles. The van der Waals surface area contributed by atoms with Gasteiger partial charge in [-0.1, -0.05) is 0 Å². The van der Waals surface area contributed by atoms with E-state index in [0.717, 1.165) is 118 Å². The van der Waals surface area contributed by atoms with Crippen molar-refractivity contribution in [3.05, 3.63) is 0 Å². The first-order chi connectivity index (χ1) is 68.8. The fourth-order valence-electron chi connectivity index (χ4n) is 16.0.